The Hall–Kier alpha value is -2.09. The summed E-state index contributed by atoms with van der Waals surface area (Å²) in [5, 5.41) is 2.88. The van der Waals surface area contributed by atoms with Crippen molar-refractivity contribution in [2.75, 3.05) is 6.54 Å². The van der Waals surface area contributed by atoms with Gasteiger partial charge in [0, 0.05) is 18.9 Å². The number of rotatable bonds is 2. The minimum absolute atomic E-state index is 0.159. The Morgan fingerprint density at radius 1 is 0.889 bits per heavy atom. The number of nitrogens with one attached hydrogen (secondary N) is 1. The molecular weight excluding hydrogens is 222 g/mol. The Labute approximate surface area is 107 Å². The van der Waals surface area contributed by atoms with Crippen LogP contribution >= 0.6 is 0 Å². The summed E-state index contributed by atoms with van der Waals surface area (Å²) in [6.07, 6.45) is 0.616. The molecule has 1 atom stereocenters. The minimum atomic E-state index is 0.159. The Morgan fingerprint density at radius 2 is 1.56 bits per heavy atom. The van der Waals surface area contributed by atoms with Crippen LogP contribution < -0.4 is 5.32 Å². The molecule has 18 heavy (non-hydrogen) atoms. The van der Waals surface area contributed by atoms with E-state index in [0.717, 1.165) is 6.54 Å². The van der Waals surface area contributed by atoms with E-state index in [0.29, 0.717) is 12.3 Å². The van der Waals surface area contributed by atoms with E-state index in [2.05, 4.69) is 41.7 Å². The molecule has 1 unspecified atom stereocenters. The van der Waals surface area contributed by atoms with Crippen LogP contribution in [-0.4, -0.2) is 12.5 Å². The van der Waals surface area contributed by atoms with E-state index in [1.165, 1.54) is 16.7 Å². The van der Waals surface area contributed by atoms with E-state index >= 15 is 0 Å². The maximum absolute atomic E-state index is 11.2. The van der Waals surface area contributed by atoms with Gasteiger partial charge in [-0.05, 0) is 16.7 Å². The van der Waals surface area contributed by atoms with Crippen LogP contribution in [0.5, 0.6) is 0 Å². The molecule has 0 aromatic heterocycles. The van der Waals surface area contributed by atoms with Crippen molar-refractivity contribution >= 4 is 5.91 Å². The highest BCUT2D eigenvalue weighted by Crippen LogP contribution is 2.26. The lowest BCUT2D eigenvalue weighted by atomic mass is 9.95. The third-order valence-electron chi connectivity index (χ3n) is 3.47. The van der Waals surface area contributed by atoms with E-state index < -0.39 is 0 Å². The van der Waals surface area contributed by atoms with Crippen LogP contribution in [0.3, 0.4) is 0 Å². The van der Waals surface area contributed by atoms with Gasteiger partial charge in [0.15, 0.2) is 0 Å². The molecule has 0 saturated carbocycles. The van der Waals surface area contributed by atoms with Crippen molar-refractivity contribution in [2.24, 2.45) is 0 Å². The van der Waals surface area contributed by atoms with Gasteiger partial charge in [-0.3, -0.25) is 4.79 Å². The molecule has 0 spiro atoms. The van der Waals surface area contributed by atoms with Crippen LogP contribution in [-0.2, 0) is 4.79 Å². The lowest BCUT2D eigenvalue weighted by Crippen LogP contribution is -2.13. The van der Waals surface area contributed by atoms with Gasteiger partial charge in [0.05, 0.1) is 0 Å². The molecule has 2 aromatic carbocycles. The van der Waals surface area contributed by atoms with Gasteiger partial charge in [-0.25, -0.2) is 0 Å². The molecule has 1 fully saturated rings. The fourth-order valence-electron chi connectivity index (χ4n) is 2.42. The molecule has 1 aliphatic rings. The highest BCUT2D eigenvalue weighted by atomic mass is 16.1. The van der Waals surface area contributed by atoms with Gasteiger partial charge in [-0.1, -0.05) is 54.6 Å². The smallest absolute Gasteiger partial charge is 0.220 e. The first-order valence-electron chi connectivity index (χ1n) is 6.25. The van der Waals surface area contributed by atoms with Crippen molar-refractivity contribution in [1.82, 2.24) is 5.32 Å². The zero-order valence-electron chi connectivity index (χ0n) is 10.1. The summed E-state index contributed by atoms with van der Waals surface area (Å²) in [6.45, 7) is 0.767. The highest BCUT2D eigenvalue weighted by molar-refractivity contribution is 5.79. The van der Waals surface area contributed by atoms with Gasteiger partial charge in [0.2, 0.25) is 5.91 Å². The van der Waals surface area contributed by atoms with Crippen LogP contribution in [0.2, 0.25) is 0 Å². The van der Waals surface area contributed by atoms with Crippen molar-refractivity contribution < 1.29 is 4.79 Å². The van der Waals surface area contributed by atoms with E-state index in [1.807, 2.05) is 18.2 Å². The van der Waals surface area contributed by atoms with E-state index in [1.54, 1.807) is 0 Å². The van der Waals surface area contributed by atoms with Crippen molar-refractivity contribution in [3.05, 3.63) is 60.2 Å². The number of benzene rings is 2. The molecule has 2 heteroatoms. The molecule has 0 bridgehead atoms. The summed E-state index contributed by atoms with van der Waals surface area (Å²) in [6, 6.07) is 18.9. The fourth-order valence-corrected chi connectivity index (χ4v) is 2.42. The quantitative estimate of drug-likeness (QED) is 0.854. The third kappa shape index (κ3) is 2.14. The second-order valence-electron chi connectivity index (χ2n) is 4.69. The van der Waals surface area contributed by atoms with E-state index in [-0.39, 0.29) is 5.91 Å². The maximum atomic E-state index is 11.2. The zero-order valence-corrected chi connectivity index (χ0v) is 10.1. The Kier molecular flexibility index (Phi) is 2.85. The summed E-state index contributed by atoms with van der Waals surface area (Å²) in [5.41, 5.74) is 3.69. The molecule has 2 aromatic rings. The molecule has 1 saturated heterocycles. The van der Waals surface area contributed by atoms with Gasteiger partial charge in [0.25, 0.3) is 0 Å². The predicted octanol–water partition coefficient (Wildman–Crippen LogP) is 2.96. The summed E-state index contributed by atoms with van der Waals surface area (Å²) in [7, 11) is 0. The van der Waals surface area contributed by atoms with Gasteiger partial charge in [-0.2, -0.15) is 0 Å². The molecule has 0 aliphatic carbocycles. The highest BCUT2D eigenvalue weighted by Gasteiger charge is 2.22. The maximum Gasteiger partial charge on any atom is 0.220 e. The molecule has 1 heterocycles. The standard InChI is InChI=1S/C16H15NO/c18-16-10-15(11-17-16)14-8-6-13(7-9-14)12-4-2-1-3-5-12/h1-9,15H,10-11H2,(H,17,18). The monoisotopic (exact) mass is 237 g/mol. The van der Waals surface area contributed by atoms with Crippen LogP contribution in [0.4, 0.5) is 0 Å². The van der Waals surface area contributed by atoms with E-state index in [9.17, 15) is 4.79 Å². The average Bonchev–Trinajstić information content (AvgIpc) is 2.87. The van der Waals surface area contributed by atoms with Crippen molar-refractivity contribution in [3.8, 4) is 11.1 Å². The lowest BCUT2D eigenvalue weighted by Gasteiger charge is -2.08. The first-order chi connectivity index (χ1) is 8.83. The second kappa shape index (κ2) is 4.65. The Morgan fingerprint density at radius 3 is 2.17 bits per heavy atom. The summed E-state index contributed by atoms with van der Waals surface area (Å²) < 4.78 is 0. The van der Waals surface area contributed by atoms with Gasteiger partial charge in [-0.15, -0.1) is 0 Å². The number of carbonyl (C=O) groups excluding carboxylic acids is 1. The zero-order chi connectivity index (χ0) is 12.4. The van der Waals surface area contributed by atoms with Crippen molar-refractivity contribution in [2.45, 2.75) is 12.3 Å². The molecule has 2 nitrogen and oxygen atoms in total. The molecule has 3 rings (SSSR count). The topological polar surface area (TPSA) is 29.1 Å². The molecule has 1 aliphatic heterocycles. The molecule has 1 N–H and O–H groups in total. The number of hydrogen-bond acceptors (Lipinski definition) is 1. The van der Waals surface area contributed by atoms with Crippen molar-refractivity contribution in [3.63, 3.8) is 0 Å². The number of carbonyl (C=O) groups is 1. The normalized spacial score (nSPS) is 18.7. The fraction of sp³-hybridized carbons (Fsp3) is 0.188. The Bertz CT molecular complexity index is 545. The van der Waals surface area contributed by atoms with Gasteiger partial charge in [0.1, 0.15) is 0 Å². The van der Waals surface area contributed by atoms with Crippen LogP contribution in [0, 0.1) is 0 Å². The molecular formula is C16H15NO. The number of hydrogen-bond donors (Lipinski definition) is 1. The lowest BCUT2D eigenvalue weighted by molar-refractivity contribution is -0.119. The SMILES string of the molecule is O=C1CC(c2ccc(-c3ccccc3)cc2)CN1. The first-order valence-corrected chi connectivity index (χ1v) is 6.25. The third-order valence-corrected chi connectivity index (χ3v) is 3.47. The summed E-state index contributed by atoms with van der Waals surface area (Å²) >= 11 is 0. The number of amides is 1. The van der Waals surface area contributed by atoms with Crippen LogP contribution in [0.15, 0.2) is 54.6 Å². The summed E-state index contributed by atoms with van der Waals surface area (Å²) in [4.78, 5) is 11.2. The molecule has 0 radical (unpaired) electrons. The van der Waals surface area contributed by atoms with Crippen LogP contribution in [0.25, 0.3) is 11.1 Å². The first kappa shape index (κ1) is 11.0. The molecule has 1 amide bonds. The minimum Gasteiger partial charge on any atom is -0.355 e. The second-order valence-corrected chi connectivity index (χ2v) is 4.69. The summed E-state index contributed by atoms with van der Waals surface area (Å²) in [5.74, 6) is 0.495. The van der Waals surface area contributed by atoms with Gasteiger partial charge < -0.3 is 5.32 Å². The Balaban J connectivity index is 1.83. The van der Waals surface area contributed by atoms with Crippen LogP contribution in [0.1, 0.15) is 17.9 Å². The largest absolute Gasteiger partial charge is 0.355 e. The molecule has 90 valence electrons. The average molecular weight is 237 g/mol. The van der Waals surface area contributed by atoms with Gasteiger partial charge >= 0.3 is 0 Å². The van der Waals surface area contributed by atoms with E-state index in [4.69, 9.17) is 0 Å². The van der Waals surface area contributed by atoms with Crippen molar-refractivity contribution in [1.29, 1.82) is 0 Å². The predicted molar refractivity (Wildman–Crippen MR) is 72.2 cm³/mol.